The standard InChI is InChI=1S/C12H24N2OS/c1-12(6-3-4-7-12)10-14-11(16)13-8-5-9-15-2/h3-10H2,1-2H3,(H2,13,14,16). The lowest BCUT2D eigenvalue weighted by Gasteiger charge is -2.24. The third kappa shape index (κ3) is 5.12. The van der Waals surface area contributed by atoms with Crippen LogP contribution in [0.2, 0.25) is 0 Å². The lowest BCUT2D eigenvalue weighted by Crippen LogP contribution is -2.41. The van der Waals surface area contributed by atoms with Gasteiger partial charge in [-0.1, -0.05) is 19.8 Å². The number of rotatable bonds is 6. The first-order valence-corrected chi connectivity index (χ1v) is 6.58. The van der Waals surface area contributed by atoms with Gasteiger partial charge in [0.15, 0.2) is 5.11 Å². The molecule has 1 rings (SSSR count). The van der Waals surface area contributed by atoms with Crippen LogP contribution in [0.1, 0.15) is 39.0 Å². The van der Waals surface area contributed by atoms with E-state index in [4.69, 9.17) is 17.0 Å². The van der Waals surface area contributed by atoms with Crippen molar-refractivity contribution >= 4 is 17.3 Å². The molecule has 1 fully saturated rings. The van der Waals surface area contributed by atoms with Crippen molar-refractivity contribution in [1.82, 2.24) is 10.6 Å². The molecule has 0 atom stereocenters. The Kier molecular flexibility index (Phi) is 6.06. The molecule has 1 saturated carbocycles. The molecule has 0 saturated heterocycles. The van der Waals surface area contributed by atoms with Crippen LogP contribution in [0.15, 0.2) is 0 Å². The normalized spacial score (nSPS) is 18.4. The summed E-state index contributed by atoms with van der Waals surface area (Å²) in [7, 11) is 1.72. The molecule has 16 heavy (non-hydrogen) atoms. The van der Waals surface area contributed by atoms with Crippen LogP contribution in [-0.4, -0.2) is 31.9 Å². The predicted molar refractivity (Wildman–Crippen MR) is 71.7 cm³/mol. The zero-order valence-corrected chi connectivity index (χ0v) is 11.3. The summed E-state index contributed by atoms with van der Waals surface area (Å²) < 4.78 is 4.98. The van der Waals surface area contributed by atoms with E-state index in [1.165, 1.54) is 25.7 Å². The van der Waals surface area contributed by atoms with Gasteiger partial charge in [-0.2, -0.15) is 0 Å². The maximum atomic E-state index is 5.22. The summed E-state index contributed by atoms with van der Waals surface area (Å²) in [5.41, 5.74) is 0.457. The smallest absolute Gasteiger partial charge is 0.166 e. The minimum absolute atomic E-state index is 0.457. The van der Waals surface area contributed by atoms with Crippen LogP contribution >= 0.6 is 12.2 Å². The fourth-order valence-corrected chi connectivity index (χ4v) is 2.35. The summed E-state index contributed by atoms with van der Waals surface area (Å²) in [4.78, 5) is 0. The summed E-state index contributed by atoms with van der Waals surface area (Å²) in [6.45, 7) is 5.02. The molecule has 0 radical (unpaired) electrons. The van der Waals surface area contributed by atoms with Crippen LogP contribution in [0.5, 0.6) is 0 Å². The van der Waals surface area contributed by atoms with E-state index in [1.807, 2.05) is 0 Å². The molecule has 94 valence electrons. The summed E-state index contributed by atoms with van der Waals surface area (Å²) in [6.07, 6.45) is 6.38. The van der Waals surface area contributed by atoms with Crippen molar-refractivity contribution in [3.05, 3.63) is 0 Å². The second kappa shape index (κ2) is 7.07. The molecule has 0 unspecified atom stereocenters. The number of methoxy groups -OCH3 is 1. The first-order valence-electron chi connectivity index (χ1n) is 6.17. The molecule has 0 spiro atoms. The summed E-state index contributed by atoms with van der Waals surface area (Å²) >= 11 is 5.22. The maximum Gasteiger partial charge on any atom is 0.166 e. The Balaban J connectivity index is 2.05. The van der Waals surface area contributed by atoms with Gasteiger partial charge < -0.3 is 15.4 Å². The van der Waals surface area contributed by atoms with Gasteiger partial charge in [0, 0.05) is 26.8 Å². The van der Waals surface area contributed by atoms with Gasteiger partial charge in [-0.15, -0.1) is 0 Å². The van der Waals surface area contributed by atoms with Gasteiger partial charge in [0.05, 0.1) is 0 Å². The van der Waals surface area contributed by atoms with Gasteiger partial charge >= 0.3 is 0 Å². The molecule has 0 amide bonds. The summed E-state index contributed by atoms with van der Waals surface area (Å²) in [5.74, 6) is 0. The molecule has 0 aromatic heterocycles. The Hall–Kier alpha value is -0.350. The van der Waals surface area contributed by atoms with E-state index in [0.29, 0.717) is 5.41 Å². The van der Waals surface area contributed by atoms with Crippen molar-refractivity contribution in [2.45, 2.75) is 39.0 Å². The minimum atomic E-state index is 0.457. The topological polar surface area (TPSA) is 33.3 Å². The number of ether oxygens (including phenoxy) is 1. The molecule has 4 heteroatoms. The van der Waals surface area contributed by atoms with Crippen LogP contribution in [-0.2, 0) is 4.74 Å². The lowest BCUT2D eigenvalue weighted by atomic mass is 9.89. The van der Waals surface area contributed by atoms with Crippen LogP contribution in [0.3, 0.4) is 0 Å². The number of hydrogen-bond donors (Lipinski definition) is 2. The van der Waals surface area contributed by atoms with Crippen molar-refractivity contribution in [3.8, 4) is 0 Å². The fraction of sp³-hybridized carbons (Fsp3) is 0.917. The predicted octanol–water partition coefficient (Wildman–Crippen LogP) is 2.07. The Bertz CT molecular complexity index is 215. The molecule has 1 aliphatic rings. The summed E-state index contributed by atoms with van der Waals surface area (Å²) in [6, 6.07) is 0. The van der Waals surface area contributed by atoms with Crippen molar-refractivity contribution in [2.24, 2.45) is 5.41 Å². The average Bonchev–Trinajstić information content (AvgIpc) is 2.70. The molecule has 0 bridgehead atoms. The van der Waals surface area contributed by atoms with Crippen LogP contribution in [0, 0.1) is 5.41 Å². The monoisotopic (exact) mass is 244 g/mol. The zero-order valence-electron chi connectivity index (χ0n) is 10.5. The van der Waals surface area contributed by atoms with E-state index in [2.05, 4.69) is 17.6 Å². The van der Waals surface area contributed by atoms with E-state index in [-0.39, 0.29) is 0 Å². The van der Waals surface area contributed by atoms with Crippen molar-refractivity contribution in [3.63, 3.8) is 0 Å². The van der Waals surface area contributed by atoms with Gasteiger partial charge in [0.25, 0.3) is 0 Å². The SMILES string of the molecule is COCCCNC(=S)NCC1(C)CCCC1. The van der Waals surface area contributed by atoms with Crippen molar-refractivity contribution in [1.29, 1.82) is 0 Å². The molecule has 0 aromatic rings. The van der Waals surface area contributed by atoms with Crippen molar-refractivity contribution in [2.75, 3.05) is 26.8 Å². The molecule has 0 aromatic carbocycles. The average molecular weight is 244 g/mol. The molecule has 1 aliphatic carbocycles. The molecule has 2 N–H and O–H groups in total. The van der Waals surface area contributed by atoms with Crippen LogP contribution in [0.25, 0.3) is 0 Å². The Morgan fingerprint density at radius 3 is 2.62 bits per heavy atom. The van der Waals surface area contributed by atoms with Gasteiger partial charge in [-0.25, -0.2) is 0 Å². The Morgan fingerprint density at radius 1 is 1.31 bits per heavy atom. The van der Waals surface area contributed by atoms with Crippen LogP contribution < -0.4 is 10.6 Å². The molecular weight excluding hydrogens is 220 g/mol. The maximum absolute atomic E-state index is 5.22. The highest BCUT2D eigenvalue weighted by Crippen LogP contribution is 2.36. The van der Waals surface area contributed by atoms with E-state index in [9.17, 15) is 0 Å². The molecule has 0 aliphatic heterocycles. The van der Waals surface area contributed by atoms with E-state index in [1.54, 1.807) is 7.11 Å². The molecular formula is C12H24N2OS. The van der Waals surface area contributed by atoms with Crippen LogP contribution in [0.4, 0.5) is 0 Å². The minimum Gasteiger partial charge on any atom is -0.385 e. The van der Waals surface area contributed by atoms with Gasteiger partial charge in [0.1, 0.15) is 0 Å². The fourth-order valence-electron chi connectivity index (χ4n) is 2.18. The third-order valence-corrected chi connectivity index (χ3v) is 3.59. The Morgan fingerprint density at radius 2 is 2.00 bits per heavy atom. The van der Waals surface area contributed by atoms with Gasteiger partial charge in [0.2, 0.25) is 0 Å². The molecule has 3 nitrogen and oxygen atoms in total. The van der Waals surface area contributed by atoms with E-state index < -0.39 is 0 Å². The largest absolute Gasteiger partial charge is 0.385 e. The number of hydrogen-bond acceptors (Lipinski definition) is 2. The lowest BCUT2D eigenvalue weighted by molar-refractivity contribution is 0.195. The van der Waals surface area contributed by atoms with E-state index >= 15 is 0 Å². The van der Waals surface area contributed by atoms with E-state index in [0.717, 1.165) is 31.2 Å². The molecule has 0 heterocycles. The second-order valence-corrected chi connectivity index (χ2v) is 5.38. The number of thiocarbonyl (C=S) groups is 1. The first-order chi connectivity index (χ1) is 7.66. The number of nitrogens with one attached hydrogen (secondary N) is 2. The van der Waals surface area contributed by atoms with Crippen molar-refractivity contribution < 1.29 is 4.74 Å². The highest BCUT2D eigenvalue weighted by molar-refractivity contribution is 7.80. The zero-order chi connectivity index (χ0) is 11.9. The first kappa shape index (κ1) is 13.7. The quantitative estimate of drug-likeness (QED) is 0.553. The van der Waals surface area contributed by atoms with Gasteiger partial charge in [-0.05, 0) is 36.9 Å². The third-order valence-electron chi connectivity index (χ3n) is 3.30. The summed E-state index contributed by atoms with van der Waals surface area (Å²) in [5, 5.41) is 7.30. The highest BCUT2D eigenvalue weighted by Gasteiger charge is 2.28. The van der Waals surface area contributed by atoms with Gasteiger partial charge in [-0.3, -0.25) is 0 Å². The Labute approximate surface area is 104 Å². The highest BCUT2D eigenvalue weighted by atomic mass is 32.1. The second-order valence-electron chi connectivity index (χ2n) is 4.97.